The van der Waals surface area contributed by atoms with Gasteiger partial charge in [-0.2, -0.15) is 0 Å². The second-order valence-electron chi connectivity index (χ2n) is 6.31. The van der Waals surface area contributed by atoms with Crippen molar-refractivity contribution < 1.29 is 13.2 Å². The minimum Gasteiger partial charge on any atom is -0.375 e. The van der Waals surface area contributed by atoms with Crippen LogP contribution < -0.4 is 14.5 Å². The Morgan fingerprint density at radius 3 is 2.54 bits per heavy atom. The predicted octanol–water partition coefficient (Wildman–Crippen LogP) is 2.93. The number of nitrogens with zero attached hydrogens (tertiary/aromatic N) is 2. The Kier molecular flexibility index (Phi) is 5.18. The van der Waals surface area contributed by atoms with Crippen LogP contribution in [0.5, 0.6) is 0 Å². The largest absolute Gasteiger partial charge is 0.375 e. The van der Waals surface area contributed by atoms with E-state index in [2.05, 4.69) is 17.1 Å². The van der Waals surface area contributed by atoms with Crippen molar-refractivity contribution in [1.29, 1.82) is 0 Å². The maximum atomic E-state index is 12.5. The average molecular weight is 373 g/mol. The number of hydrogen-bond donors (Lipinski definition) is 1. The lowest BCUT2D eigenvalue weighted by Crippen LogP contribution is -2.25. The van der Waals surface area contributed by atoms with E-state index < -0.39 is 10.0 Å². The molecule has 6 nitrogen and oxygen atoms in total. The average Bonchev–Trinajstić information content (AvgIpc) is 3.00. The number of sulfonamides is 1. The fourth-order valence-corrected chi connectivity index (χ4v) is 4.48. The quantitative estimate of drug-likeness (QED) is 0.875. The van der Waals surface area contributed by atoms with E-state index in [4.69, 9.17) is 0 Å². The molecule has 2 aromatic carbocycles. The molecule has 0 atom stereocenters. The summed E-state index contributed by atoms with van der Waals surface area (Å²) in [6, 6.07) is 14.3. The molecule has 0 aliphatic carbocycles. The summed E-state index contributed by atoms with van der Waals surface area (Å²) in [4.78, 5) is 14.6. The zero-order valence-electron chi connectivity index (χ0n) is 15.0. The highest BCUT2D eigenvalue weighted by molar-refractivity contribution is 7.93. The molecule has 0 bridgehead atoms. The monoisotopic (exact) mass is 373 g/mol. The Morgan fingerprint density at radius 2 is 1.92 bits per heavy atom. The first-order chi connectivity index (χ1) is 12.4. The topological polar surface area (TPSA) is 69.7 Å². The third kappa shape index (κ3) is 3.83. The number of rotatable bonds is 5. The van der Waals surface area contributed by atoms with Crippen molar-refractivity contribution in [1.82, 2.24) is 0 Å². The van der Waals surface area contributed by atoms with Gasteiger partial charge in [0.1, 0.15) is 0 Å². The van der Waals surface area contributed by atoms with Gasteiger partial charge < -0.3 is 10.2 Å². The number of amides is 1. The maximum Gasteiger partial charge on any atom is 0.255 e. The van der Waals surface area contributed by atoms with E-state index in [0.717, 1.165) is 12.2 Å². The van der Waals surface area contributed by atoms with Crippen LogP contribution in [-0.2, 0) is 10.0 Å². The number of nitrogens with one attached hydrogen (secondary N) is 1. The standard InChI is InChI=1S/C19H23N3O3S/c1-3-21(2)17-10-8-15(9-11-17)19(23)20-16-6-4-7-18(14-16)22-12-5-13-26(22,24)25/h4,6-11,14H,3,5,12-13H2,1-2H3,(H,20,23). The molecule has 138 valence electrons. The van der Waals surface area contributed by atoms with Gasteiger partial charge in [-0.25, -0.2) is 8.42 Å². The van der Waals surface area contributed by atoms with Crippen LogP contribution in [0, 0.1) is 0 Å². The van der Waals surface area contributed by atoms with Gasteiger partial charge in [-0.05, 0) is 55.8 Å². The Hall–Kier alpha value is -2.54. The van der Waals surface area contributed by atoms with Crippen LogP contribution in [-0.4, -0.2) is 40.2 Å². The molecule has 2 aromatic rings. The van der Waals surface area contributed by atoms with Gasteiger partial charge in [0.15, 0.2) is 0 Å². The van der Waals surface area contributed by atoms with Crippen molar-refractivity contribution in [2.75, 3.05) is 40.4 Å². The van der Waals surface area contributed by atoms with E-state index in [9.17, 15) is 13.2 Å². The van der Waals surface area contributed by atoms with Gasteiger partial charge in [0.05, 0.1) is 11.4 Å². The maximum absolute atomic E-state index is 12.5. The lowest BCUT2D eigenvalue weighted by molar-refractivity contribution is 0.102. The smallest absolute Gasteiger partial charge is 0.255 e. The highest BCUT2D eigenvalue weighted by atomic mass is 32.2. The van der Waals surface area contributed by atoms with Crippen molar-refractivity contribution in [3.63, 3.8) is 0 Å². The molecular formula is C19H23N3O3S. The normalized spacial score (nSPS) is 15.7. The summed E-state index contributed by atoms with van der Waals surface area (Å²) in [6.45, 7) is 3.43. The number of anilines is 3. The summed E-state index contributed by atoms with van der Waals surface area (Å²) in [5.41, 5.74) is 2.76. The van der Waals surface area contributed by atoms with Gasteiger partial charge in [-0.1, -0.05) is 6.07 Å². The Balaban J connectivity index is 1.75. The zero-order chi connectivity index (χ0) is 18.7. The molecule has 0 unspecified atom stereocenters. The van der Waals surface area contributed by atoms with E-state index in [1.54, 1.807) is 36.4 Å². The lowest BCUT2D eigenvalue weighted by atomic mass is 10.1. The predicted molar refractivity (Wildman–Crippen MR) is 106 cm³/mol. The molecule has 1 aliphatic rings. The van der Waals surface area contributed by atoms with Gasteiger partial charge in [0, 0.05) is 37.1 Å². The third-order valence-electron chi connectivity index (χ3n) is 4.54. The van der Waals surface area contributed by atoms with Crippen LogP contribution in [0.2, 0.25) is 0 Å². The molecule has 0 radical (unpaired) electrons. The van der Waals surface area contributed by atoms with Gasteiger partial charge >= 0.3 is 0 Å². The van der Waals surface area contributed by atoms with Crippen molar-refractivity contribution >= 4 is 33.0 Å². The van der Waals surface area contributed by atoms with Crippen molar-refractivity contribution in [3.8, 4) is 0 Å². The highest BCUT2D eigenvalue weighted by Gasteiger charge is 2.28. The molecule has 1 saturated heterocycles. The van der Waals surface area contributed by atoms with Crippen molar-refractivity contribution in [2.45, 2.75) is 13.3 Å². The summed E-state index contributed by atoms with van der Waals surface area (Å²) < 4.78 is 25.5. The van der Waals surface area contributed by atoms with Crippen molar-refractivity contribution in [2.24, 2.45) is 0 Å². The first kappa shape index (κ1) is 18.3. The van der Waals surface area contributed by atoms with Crippen LogP contribution in [0.4, 0.5) is 17.1 Å². The molecule has 7 heteroatoms. The van der Waals surface area contributed by atoms with E-state index in [1.165, 1.54) is 4.31 Å². The number of benzene rings is 2. The summed E-state index contributed by atoms with van der Waals surface area (Å²) >= 11 is 0. The zero-order valence-corrected chi connectivity index (χ0v) is 15.8. The fraction of sp³-hybridized carbons (Fsp3) is 0.316. The van der Waals surface area contributed by atoms with Gasteiger partial charge in [0.2, 0.25) is 10.0 Å². The van der Waals surface area contributed by atoms with Crippen LogP contribution in [0.3, 0.4) is 0 Å². The van der Waals surface area contributed by atoms with Crippen LogP contribution in [0.15, 0.2) is 48.5 Å². The first-order valence-corrected chi connectivity index (χ1v) is 10.2. The first-order valence-electron chi connectivity index (χ1n) is 8.64. The van der Waals surface area contributed by atoms with Crippen molar-refractivity contribution in [3.05, 3.63) is 54.1 Å². The molecule has 1 amide bonds. The molecule has 0 aromatic heterocycles. The second-order valence-corrected chi connectivity index (χ2v) is 8.32. The molecule has 26 heavy (non-hydrogen) atoms. The summed E-state index contributed by atoms with van der Waals surface area (Å²) in [7, 11) is -1.24. The Labute approximate surface area is 154 Å². The molecule has 0 spiro atoms. The fourth-order valence-electron chi connectivity index (χ4n) is 2.92. The molecule has 1 heterocycles. The molecular weight excluding hydrogens is 350 g/mol. The Bertz CT molecular complexity index is 895. The van der Waals surface area contributed by atoms with Gasteiger partial charge in [-0.15, -0.1) is 0 Å². The van der Waals surface area contributed by atoms with Crippen LogP contribution in [0.25, 0.3) is 0 Å². The van der Waals surface area contributed by atoms with Crippen LogP contribution in [0.1, 0.15) is 23.7 Å². The summed E-state index contributed by atoms with van der Waals surface area (Å²) in [6.07, 6.45) is 0.622. The summed E-state index contributed by atoms with van der Waals surface area (Å²) in [5, 5.41) is 2.84. The highest BCUT2D eigenvalue weighted by Crippen LogP contribution is 2.26. The van der Waals surface area contributed by atoms with E-state index in [1.807, 2.05) is 19.2 Å². The summed E-state index contributed by atoms with van der Waals surface area (Å²) in [5.74, 6) is -0.0561. The van der Waals surface area contributed by atoms with Gasteiger partial charge in [0.25, 0.3) is 5.91 Å². The Morgan fingerprint density at radius 1 is 1.19 bits per heavy atom. The molecule has 3 rings (SSSR count). The van der Waals surface area contributed by atoms with E-state index in [-0.39, 0.29) is 11.7 Å². The number of carbonyl (C=O) groups is 1. The SMILES string of the molecule is CCN(C)c1ccc(C(=O)Nc2cccc(N3CCCS3(=O)=O)c2)cc1. The molecule has 1 N–H and O–H groups in total. The minimum atomic E-state index is -3.24. The molecule has 1 aliphatic heterocycles. The molecule has 0 saturated carbocycles. The minimum absolute atomic E-state index is 0.169. The lowest BCUT2D eigenvalue weighted by Gasteiger charge is -2.18. The third-order valence-corrected chi connectivity index (χ3v) is 6.41. The number of carbonyl (C=O) groups excluding carboxylic acids is 1. The van der Waals surface area contributed by atoms with Gasteiger partial charge in [-0.3, -0.25) is 9.10 Å². The number of hydrogen-bond acceptors (Lipinski definition) is 4. The molecule has 1 fully saturated rings. The second kappa shape index (κ2) is 7.37. The van der Waals surface area contributed by atoms with E-state index >= 15 is 0 Å². The van der Waals surface area contributed by atoms with Crippen LogP contribution >= 0.6 is 0 Å². The van der Waals surface area contributed by atoms with E-state index in [0.29, 0.717) is 29.9 Å².